The van der Waals surface area contributed by atoms with E-state index in [9.17, 15) is 0 Å². The quantitative estimate of drug-likeness (QED) is 0.655. The Bertz CT molecular complexity index is 200. The summed E-state index contributed by atoms with van der Waals surface area (Å²) in [5.74, 6) is 0. The first kappa shape index (κ1) is 16.5. The van der Waals surface area contributed by atoms with Crippen molar-refractivity contribution in [3.05, 3.63) is 0 Å². The summed E-state index contributed by atoms with van der Waals surface area (Å²) in [5.41, 5.74) is 0. The molecule has 0 heterocycles. The monoisotopic (exact) mass is 284 g/mol. The Morgan fingerprint density at radius 1 is 0.500 bits per heavy atom. The van der Waals surface area contributed by atoms with Gasteiger partial charge in [-0.3, -0.25) is 0 Å². The van der Waals surface area contributed by atoms with Crippen LogP contribution in [0.4, 0.5) is 0 Å². The molecule has 5 nitrogen and oxygen atoms in total. The van der Waals surface area contributed by atoms with Crippen molar-refractivity contribution in [2.24, 2.45) is 0 Å². The van der Waals surface area contributed by atoms with Crippen LogP contribution in [0.15, 0.2) is 0 Å². The van der Waals surface area contributed by atoms with Gasteiger partial charge in [-0.1, -0.05) is 0 Å². The molecule has 0 N–H and O–H groups in total. The number of hydrogen-bond acceptors (Lipinski definition) is 5. The largest absolute Gasteiger partial charge is 0.416 e. The molecule has 0 spiro atoms. The fraction of sp³-hybridized carbons (Fsp3) is 1.00. The lowest BCUT2D eigenvalue weighted by atomic mass is 11.8. The first-order chi connectivity index (χ1) is 7.30. The minimum absolute atomic E-state index is 1.67. The molecule has 16 heavy (non-hydrogen) atoms. The zero-order valence-electron chi connectivity index (χ0n) is 11.5. The van der Waals surface area contributed by atoms with Crippen LogP contribution in [0.1, 0.15) is 0 Å². The predicted octanol–water partition coefficient (Wildman–Crippen LogP) is 1.09. The summed E-state index contributed by atoms with van der Waals surface area (Å²) in [7, 11) is 1.22. The van der Waals surface area contributed by atoms with Gasteiger partial charge in [-0.2, -0.15) is 0 Å². The van der Waals surface area contributed by atoms with Crippen LogP contribution in [0.2, 0.25) is 19.6 Å². The summed E-state index contributed by atoms with van der Waals surface area (Å²) in [6.45, 7) is 6.09. The van der Waals surface area contributed by atoms with Crippen molar-refractivity contribution in [3.8, 4) is 0 Å². The van der Waals surface area contributed by atoms with Gasteiger partial charge < -0.3 is 22.1 Å². The van der Waals surface area contributed by atoms with Gasteiger partial charge in [-0.15, -0.1) is 0 Å². The third-order valence-corrected chi connectivity index (χ3v) is 33.3. The zero-order chi connectivity index (χ0) is 13.0. The van der Waals surface area contributed by atoms with E-state index in [1.165, 1.54) is 0 Å². The Kier molecular flexibility index (Phi) is 6.03. The molecule has 0 saturated carbocycles. The van der Waals surface area contributed by atoms with Crippen LogP contribution < -0.4 is 0 Å². The highest BCUT2D eigenvalue weighted by Crippen LogP contribution is 2.31. The summed E-state index contributed by atoms with van der Waals surface area (Å²) in [6.07, 6.45) is 0. The lowest BCUT2D eigenvalue weighted by molar-refractivity contribution is 0.236. The standard InChI is InChI=1S/C8H24O5Si3/c1-9-14(6,10-2)16(8,13-5)15(7,11-3)12-4/h1-8H3. The highest BCUT2D eigenvalue weighted by atomic mass is 29.7. The zero-order valence-corrected chi connectivity index (χ0v) is 14.5. The fourth-order valence-corrected chi connectivity index (χ4v) is 25.7. The van der Waals surface area contributed by atoms with Gasteiger partial charge in [0.15, 0.2) is 0 Å². The lowest BCUT2D eigenvalue weighted by Crippen LogP contribution is -2.79. The van der Waals surface area contributed by atoms with Gasteiger partial charge in [0.2, 0.25) is 0 Å². The minimum atomic E-state index is -2.40. The Morgan fingerprint density at radius 2 is 0.750 bits per heavy atom. The van der Waals surface area contributed by atoms with Crippen LogP contribution in [0.5, 0.6) is 0 Å². The molecule has 98 valence electrons. The SMILES string of the molecule is CO[Si](C)(OC)[Si](C)(OC)[Si](C)(OC)OC. The summed E-state index contributed by atoms with van der Waals surface area (Å²) in [5, 5.41) is 0. The summed E-state index contributed by atoms with van der Waals surface area (Å²) in [6, 6.07) is 0. The summed E-state index contributed by atoms with van der Waals surface area (Å²) < 4.78 is 28.3. The molecule has 0 radical (unpaired) electrons. The average molecular weight is 285 g/mol. The molecule has 0 unspecified atom stereocenters. The van der Waals surface area contributed by atoms with E-state index >= 15 is 0 Å². The van der Waals surface area contributed by atoms with Crippen molar-refractivity contribution in [1.29, 1.82) is 0 Å². The fourth-order valence-electron chi connectivity index (χ4n) is 1.73. The third kappa shape index (κ3) is 2.34. The molecule has 0 aromatic rings. The Hall–Kier alpha value is 0.451. The van der Waals surface area contributed by atoms with Crippen molar-refractivity contribution in [2.45, 2.75) is 19.6 Å². The lowest BCUT2D eigenvalue weighted by Gasteiger charge is -2.45. The molecule has 0 fully saturated rings. The van der Waals surface area contributed by atoms with Gasteiger partial charge in [-0.25, -0.2) is 0 Å². The molecule has 0 saturated heterocycles. The first-order valence-corrected chi connectivity index (χ1v) is 14.1. The highest BCUT2D eigenvalue weighted by molar-refractivity contribution is 7.61. The van der Waals surface area contributed by atoms with Crippen LogP contribution in [0.3, 0.4) is 0 Å². The molecule has 8 heteroatoms. The van der Waals surface area contributed by atoms with E-state index in [0.29, 0.717) is 0 Å². The normalized spacial score (nSPS) is 14.2. The third-order valence-electron chi connectivity index (χ3n) is 3.70. The Morgan fingerprint density at radius 3 is 0.875 bits per heavy atom. The van der Waals surface area contributed by atoms with Crippen LogP contribution in [0, 0.1) is 0 Å². The molecule has 0 aromatic heterocycles. The van der Waals surface area contributed by atoms with Crippen molar-refractivity contribution in [3.63, 3.8) is 0 Å². The minimum Gasteiger partial charge on any atom is -0.416 e. The molecule has 0 amide bonds. The van der Waals surface area contributed by atoms with Crippen LogP contribution in [0.25, 0.3) is 0 Å². The topological polar surface area (TPSA) is 46.2 Å². The summed E-state index contributed by atoms with van der Waals surface area (Å²) >= 11 is 0. The maximum atomic E-state index is 5.79. The van der Waals surface area contributed by atoms with E-state index in [1.54, 1.807) is 35.5 Å². The van der Waals surface area contributed by atoms with Crippen molar-refractivity contribution in [2.75, 3.05) is 35.5 Å². The maximum absolute atomic E-state index is 5.79. The molecular weight excluding hydrogens is 260 g/mol. The first-order valence-electron chi connectivity index (χ1n) is 5.06. The predicted molar refractivity (Wildman–Crippen MR) is 69.9 cm³/mol. The van der Waals surface area contributed by atoms with Gasteiger partial charge in [0.25, 0.3) is 7.35 Å². The van der Waals surface area contributed by atoms with Gasteiger partial charge in [0, 0.05) is 35.5 Å². The molecule has 0 atom stereocenters. The van der Waals surface area contributed by atoms with E-state index in [0.717, 1.165) is 0 Å². The van der Waals surface area contributed by atoms with E-state index in [4.69, 9.17) is 22.1 Å². The van der Waals surface area contributed by atoms with E-state index in [2.05, 4.69) is 6.55 Å². The molecule has 0 aliphatic heterocycles. The van der Waals surface area contributed by atoms with E-state index < -0.39 is 23.5 Å². The second kappa shape index (κ2) is 5.87. The van der Waals surface area contributed by atoms with Crippen molar-refractivity contribution < 1.29 is 22.1 Å². The van der Waals surface area contributed by atoms with Gasteiger partial charge in [-0.05, 0) is 19.6 Å². The van der Waals surface area contributed by atoms with Gasteiger partial charge >= 0.3 is 16.2 Å². The van der Waals surface area contributed by atoms with Gasteiger partial charge in [0.05, 0.1) is 0 Å². The van der Waals surface area contributed by atoms with Crippen LogP contribution in [-0.2, 0) is 22.1 Å². The van der Waals surface area contributed by atoms with Crippen molar-refractivity contribution >= 4 is 23.5 Å². The second-order valence-electron chi connectivity index (χ2n) is 3.95. The van der Waals surface area contributed by atoms with Crippen molar-refractivity contribution in [1.82, 2.24) is 0 Å². The van der Waals surface area contributed by atoms with E-state index in [1.807, 2.05) is 13.1 Å². The number of hydrogen-bond donors (Lipinski definition) is 0. The van der Waals surface area contributed by atoms with Crippen LogP contribution in [-0.4, -0.2) is 59.1 Å². The second-order valence-corrected chi connectivity index (χ2v) is 24.5. The molecular formula is C8H24O5Si3. The molecule has 0 rings (SSSR count). The summed E-state index contributed by atoms with van der Waals surface area (Å²) in [4.78, 5) is 0. The molecule has 0 bridgehead atoms. The van der Waals surface area contributed by atoms with Crippen LogP contribution >= 0.6 is 0 Å². The molecule has 0 aliphatic carbocycles. The molecule has 0 aliphatic rings. The average Bonchev–Trinajstić information content (AvgIpc) is 2.35. The Balaban J connectivity index is 5.49. The Labute approximate surface area is 101 Å². The highest BCUT2D eigenvalue weighted by Gasteiger charge is 2.68. The van der Waals surface area contributed by atoms with E-state index in [-0.39, 0.29) is 0 Å². The van der Waals surface area contributed by atoms with Gasteiger partial charge in [0.1, 0.15) is 0 Å². The smallest absolute Gasteiger partial charge is 0.348 e. The maximum Gasteiger partial charge on any atom is 0.348 e. The molecule has 0 aromatic carbocycles. The number of rotatable bonds is 7.